The van der Waals surface area contributed by atoms with Crippen LogP contribution in [0.15, 0.2) is 30.5 Å². The minimum atomic E-state index is -1.06. The van der Waals surface area contributed by atoms with E-state index >= 15 is 0 Å². The molecule has 1 aliphatic rings. The third-order valence-electron chi connectivity index (χ3n) is 3.20. The number of nitrogens with zero attached hydrogens (tertiary/aromatic N) is 1. The minimum Gasteiger partial charge on any atom is -0.436 e. The molecule has 0 amide bonds. The van der Waals surface area contributed by atoms with Crippen molar-refractivity contribution in [3.8, 4) is 11.6 Å². The molecule has 1 N–H and O–H groups in total. The van der Waals surface area contributed by atoms with Gasteiger partial charge in [-0.1, -0.05) is 0 Å². The quantitative estimate of drug-likeness (QED) is 0.916. The molecular formula is C15H13F3N2O. The van der Waals surface area contributed by atoms with E-state index < -0.39 is 17.5 Å². The predicted molar refractivity (Wildman–Crippen MR) is 70.5 cm³/mol. The third-order valence-corrected chi connectivity index (χ3v) is 3.20. The monoisotopic (exact) mass is 294 g/mol. The molecule has 6 heteroatoms. The van der Waals surface area contributed by atoms with Crippen LogP contribution in [0.25, 0.3) is 0 Å². The Morgan fingerprint density at radius 1 is 1.14 bits per heavy atom. The zero-order chi connectivity index (χ0) is 14.8. The zero-order valence-corrected chi connectivity index (χ0v) is 11.1. The number of pyridine rings is 1. The highest BCUT2D eigenvalue weighted by molar-refractivity contribution is 5.31. The first-order chi connectivity index (χ1) is 10.1. The van der Waals surface area contributed by atoms with Gasteiger partial charge < -0.3 is 10.1 Å². The fourth-order valence-corrected chi connectivity index (χ4v) is 1.86. The predicted octanol–water partition coefficient (Wildman–Crippen LogP) is 3.54. The number of rotatable bonds is 5. The Kier molecular flexibility index (Phi) is 3.79. The third kappa shape index (κ3) is 3.33. The molecule has 0 atom stereocenters. The summed E-state index contributed by atoms with van der Waals surface area (Å²) in [5, 5.41) is 3.19. The number of halogens is 3. The summed E-state index contributed by atoms with van der Waals surface area (Å²) in [5.41, 5.74) is 0.425. The molecule has 21 heavy (non-hydrogen) atoms. The maximum Gasteiger partial charge on any atom is 0.256 e. The number of ether oxygens (including phenoxy) is 1. The van der Waals surface area contributed by atoms with Gasteiger partial charge in [-0.25, -0.2) is 18.2 Å². The van der Waals surface area contributed by atoms with Crippen LogP contribution in [0.1, 0.15) is 18.4 Å². The number of nitrogens with one attached hydrogen (secondary N) is 1. The summed E-state index contributed by atoms with van der Waals surface area (Å²) in [4.78, 5) is 3.79. The van der Waals surface area contributed by atoms with E-state index in [1.54, 1.807) is 6.07 Å². The van der Waals surface area contributed by atoms with Gasteiger partial charge in [0.1, 0.15) is 5.75 Å². The summed E-state index contributed by atoms with van der Waals surface area (Å²) >= 11 is 0. The molecule has 0 aliphatic heterocycles. The van der Waals surface area contributed by atoms with E-state index in [0.717, 1.165) is 25.0 Å². The van der Waals surface area contributed by atoms with Gasteiger partial charge in [0.2, 0.25) is 0 Å². The Morgan fingerprint density at radius 2 is 1.95 bits per heavy atom. The average Bonchev–Trinajstić information content (AvgIpc) is 3.28. The van der Waals surface area contributed by atoms with E-state index in [0.29, 0.717) is 18.2 Å². The van der Waals surface area contributed by atoms with Crippen molar-refractivity contribution in [2.75, 3.05) is 0 Å². The molecule has 2 aromatic rings. The van der Waals surface area contributed by atoms with E-state index in [9.17, 15) is 13.2 Å². The summed E-state index contributed by atoms with van der Waals surface area (Å²) in [6.45, 7) is 0.382. The van der Waals surface area contributed by atoms with Crippen molar-refractivity contribution in [3.63, 3.8) is 0 Å². The van der Waals surface area contributed by atoms with Gasteiger partial charge in [-0.3, -0.25) is 0 Å². The SMILES string of the molecule is Fc1ccc(Oc2nccc(CNC3CC3)c2F)cc1F. The lowest BCUT2D eigenvalue weighted by molar-refractivity contribution is 0.410. The minimum absolute atomic E-state index is 0.00685. The van der Waals surface area contributed by atoms with Crippen molar-refractivity contribution in [1.82, 2.24) is 10.3 Å². The summed E-state index contributed by atoms with van der Waals surface area (Å²) in [7, 11) is 0. The highest BCUT2D eigenvalue weighted by Crippen LogP contribution is 2.26. The van der Waals surface area contributed by atoms with Crippen LogP contribution in [-0.2, 0) is 6.54 Å². The van der Waals surface area contributed by atoms with E-state index in [1.807, 2.05) is 0 Å². The van der Waals surface area contributed by atoms with Gasteiger partial charge in [-0.05, 0) is 31.0 Å². The van der Waals surface area contributed by atoms with E-state index in [2.05, 4.69) is 10.3 Å². The summed E-state index contributed by atoms with van der Waals surface area (Å²) in [6, 6.07) is 5.00. The molecule has 3 rings (SSSR count). The van der Waals surface area contributed by atoms with Crippen LogP contribution in [0.3, 0.4) is 0 Å². The largest absolute Gasteiger partial charge is 0.436 e. The highest BCUT2D eigenvalue weighted by atomic mass is 19.2. The molecule has 0 saturated heterocycles. The summed E-state index contributed by atoms with van der Waals surface area (Å²) in [5.74, 6) is -2.91. The molecule has 110 valence electrons. The molecule has 1 aromatic carbocycles. The van der Waals surface area contributed by atoms with Gasteiger partial charge in [0.25, 0.3) is 5.88 Å². The molecule has 0 radical (unpaired) electrons. The lowest BCUT2D eigenvalue weighted by Crippen LogP contribution is -2.16. The van der Waals surface area contributed by atoms with Crippen LogP contribution in [0, 0.1) is 17.5 Å². The standard InChI is InChI=1S/C15H13F3N2O/c16-12-4-3-11(7-13(12)17)21-15-14(18)9(5-6-19-15)8-20-10-1-2-10/h3-7,10,20H,1-2,8H2. The number of aromatic nitrogens is 1. The Morgan fingerprint density at radius 3 is 2.67 bits per heavy atom. The van der Waals surface area contributed by atoms with Crippen molar-refractivity contribution in [3.05, 3.63) is 53.5 Å². The van der Waals surface area contributed by atoms with Gasteiger partial charge >= 0.3 is 0 Å². The van der Waals surface area contributed by atoms with Crippen LogP contribution in [0.2, 0.25) is 0 Å². The van der Waals surface area contributed by atoms with Gasteiger partial charge in [0, 0.05) is 30.4 Å². The zero-order valence-electron chi connectivity index (χ0n) is 11.1. The second-order valence-corrected chi connectivity index (χ2v) is 4.92. The van der Waals surface area contributed by atoms with Crippen molar-refractivity contribution in [2.45, 2.75) is 25.4 Å². The maximum absolute atomic E-state index is 14.2. The van der Waals surface area contributed by atoms with Gasteiger partial charge in [-0.2, -0.15) is 0 Å². The van der Waals surface area contributed by atoms with Crippen LogP contribution in [0.5, 0.6) is 11.6 Å². The molecule has 1 saturated carbocycles. The normalized spacial score (nSPS) is 14.2. The smallest absolute Gasteiger partial charge is 0.256 e. The van der Waals surface area contributed by atoms with Crippen molar-refractivity contribution >= 4 is 0 Å². The fraction of sp³-hybridized carbons (Fsp3) is 0.267. The Bertz CT molecular complexity index is 659. The summed E-state index contributed by atoms with van der Waals surface area (Å²) in [6.07, 6.45) is 3.62. The van der Waals surface area contributed by atoms with Crippen LogP contribution < -0.4 is 10.1 Å². The van der Waals surface area contributed by atoms with Gasteiger partial charge in [0.15, 0.2) is 17.5 Å². The lowest BCUT2D eigenvalue weighted by atomic mass is 10.2. The number of hydrogen-bond acceptors (Lipinski definition) is 3. The van der Waals surface area contributed by atoms with Crippen molar-refractivity contribution in [1.29, 1.82) is 0 Å². The molecule has 1 fully saturated rings. The first-order valence-electron chi connectivity index (χ1n) is 6.63. The first-order valence-corrected chi connectivity index (χ1v) is 6.63. The second-order valence-electron chi connectivity index (χ2n) is 4.92. The topological polar surface area (TPSA) is 34.1 Å². The number of hydrogen-bond donors (Lipinski definition) is 1. The van der Waals surface area contributed by atoms with Crippen LogP contribution in [-0.4, -0.2) is 11.0 Å². The van der Waals surface area contributed by atoms with E-state index in [-0.39, 0.29) is 11.6 Å². The van der Waals surface area contributed by atoms with E-state index in [4.69, 9.17) is 4.74 Å². The molecule has 1 aromatic heterocycles. The lowest BCUT2D eigenvalue weighted by Gasteiger charge is -2.09. The van der Waals surface area contributed by atoms with Crippen molar-refractivity contribution in [2.24, 2.45) is 0 Å². The van der Waals surface area contributed by atoms with Gasteiger partial charge in [0.05, 0.1) is 0 Å². The Balaban J connectivity index is 1.77. The van der Waals surface area contributed by atoms with E-state index in [1.165, 1.54) is 12.3 Å². The van der Waals surface area contributed by atoms with Crippen LogP contribution >= 0.6 is 0 Å². The molecule has 0 unspecified atom stereocenters. The second kappa shape index (κ2) is 5.73. The van der Waals surface area contributed by atoms with Crippen LogP contribution in [0.4, 0.5) is 13.2 Å². The molecule has 3 nitrogen and oxygen atoms in total. The number of benzene rings is 1. The molecule has 1 heterocycles. The maximum atomic E-state index is 14.2. The first kappa shape index (κ1) is 13.9. The highest BCUT2D eigenvalue weighted by Gasteiger charge is 2.21. The molecule has 1 aliphatic carbocycles. The average molecular weight is 294 g/mol. The van der Waals surface area contributed by atoms with Gasteiger partial charge in [-0.15, -0.1) is 0 Å². The fourth-order valence-electron chi connectivity index (χ4n) is 1.86. The molecule has 0 bridgehead atoms. The van der Waals surface area contributed by atoms with Crippen molar-refractivity contribution < 1.29 is 17.9 Å². The molecular weight excluding hydrogens is 281 g/mol. The summed E-state index contributed by atoms with van der Waals surface area (Å²) < 4.78 is 45.3. The molecule has 0 spiro atoms. The Hall–Kier alpha value is -2.08. The Labute approximate surface area is 119 Å².